The van der Waals surface area contributed by atoms with E-state index in [0.717, 1.165) is 5.56 Å². The predicted molar refractivity (Wildman–Crippen MR) is 103 cm³/mol. The van der Waals surface area contributed by atoms with Crippen molar-refractivity contribution in [2.24, 2.45) is 5.73 Å². The van der Waals surface area contributed by atoms with Gasteiger partial charge in [-0.15, -0.1) is 0 Å². The highest BCUT2D eigenvalue weighted by atomic mass is 35.5. The topological polar surface area (TPSA) is 93.4 Å². The van der Waals surface area contributed by atoms with E-state index in [-0.39, 0.29) is 16.5 Å². The molecule has 0 unspecified atom stereocenters. The van der Waals surface area contributed by atoms with Crippen molar-refractivity contribution in [3.8, 4) is 5.75 Å². The van der Waals surface area contributed by atoms with Gasteiger partial charge in [-0.2, -0.15) is 0 Å². The highest BCUT2D eigenvalue weighted by molar-refractivity contribution is 6.37. The number of nitrogens with two attached hydrogens (primary N) is 1. The Kier molecular flexibility index (Phi) is 7.12. The first-order valence-corrected chi connectivity index (χ1v) is 8.61. The monoisotopic (exact) mass is 395 g/mol. The average Bonchev–Trinajstić information content (AvgIpc) is 2.56. The number of ether oxygens (including phenoxy) is 1. The minimum absolute atomic E-state index is 0.0917. The van der Waals surface area contributed by atoms with Crippen molar-refractivity contribution in [1.29, 1.82) is 0 Å². The van der Waals surface area contributed by atoms with Crippen molar-refractivity contribution < 1.29 is 14.3 Å². The number of halogens is 2. The van der Waals surface area contributed by atoms with Crippen LogP contribution >= 0.6 is 23.2 Å². The number of carbonyl (C=O) groups is 2. The first kappa shape index (κ1) is 19.9. The second kappa shape index (κ2) is 9.31. The maximum Gasteiger partial charge on any atom is 0.252 e. The van der Waals surface area contributed by atoms with Crippen LogP contribution in [0.3, 0.4) is 0 Å². The van der Waals surface area contributed by atoms with Gasteiger partial charge < -0.3 is 21.1 Å². The predicted octanol–water partition coefficient (Wildman–Crippen LogP) is 3.22. The zero-order valence-electron chi connectivity index (χ0n) is 14.1. The van der Waals surface area contributed by atoms with Gasteiger partial charge in [0.1, 0.15) is 12.4 Å². The number of benzene rings is 2. The number of primary amides is 1. The molecule has 2 aromatic carbocycles. The Morgan fingerprint density at radius 2 is 1.96 bits per heavy atom. The van der Waals surface area contributed by atoms with E-state index in [1.807, 2.05) is 24.3 Å². The summed E-state index contributed by atoms with van der Waals surface area (Å²) in [7, 11) is 0. The standard InChI is InChI=1S/C18H19Cl2N3O3/c1-11(24)23-10-12-3-2-4-14(7-12)26-6-5-22-16-9-13(19)8-15(20)17(16)18(21)25/h2-4,7-9,22H,5-6,10H2,1H3,(H2,21,25)(H,23,24). The number of nitrogens with one attached hydrogen (secondary N) is 2. The molecule has 2 aromatic rings. The summed E-state index contributed by atoms with van der Waals surface area (Å²) < 4.78 is 5.68. The summed E-state index contributed by atoms with van der Waals surface area (Å²) in [5.41, 5.74) is 6.94. The average molecular weight is 396 g/mol. The van der Waals surface area contributed by atoms with Crippen LogP contribution in [0.15, 0.2) is 36.4 Å². The van der Waals surface area contributed by atoms with Crippen LogP contribution in [-0.4, -0.2) is 25.0 Å². The van der Waals surface area contributed by atoms with E-state index < -0.39 is 5.91 Å². The van der Waals surface area contributed by atoms with Crippen LogP contribution in [0.1, 0.15) is 22.8 Å². The van der Waals surface area contributed by atoms with Crippen LogP contribution < -0.4 is 21.1 Å². The molecule has 0 aliphatic rings. The molecule has 0 aromatic heterocycles. The second-order valence-electron chi connectivity index (χ2n) is 5.51. The van der Waals surface area contributed by atoms with Crippen molar-refractivity contribution in [3.63, 3.8) is 0 Å². The summed E-state index contributed by atoms with van der Waals surface area (Å²) in [4.78, 5) is 22.5. The molecule has 2 amide bonds. The zero-order chi connectivity index (χ0) is 19.1. The lowest BCUT2D eigenvalue weighted by Crippen LogP contribution is -2.19. The Hall–Kier alpha value is -2.44. The van der Waals surface area contributed by atoms with Gasteiger partial charge in [0, 0.05) is 25.0 Å². The maximum absolute atomic E-state index is 11.5. The molecule has 0 aliphatic carbocycles. The Morgan fingerprint density at radius 3 is 2.65 bits per heavy atom. The van der Waals surface area contributed by atoms with E-state index in [9.17, 15) is 9.59 Å². The van der Waals surface area contributed by atoms with E-state index in [4.69, 9.17) is 33.7 Å². The third-order valence-electron chi connectivity index (χ3n) is 3.43. The molecule has 6 nitrogen and oxygen atoms in total. The summed E-state index contributed by atoms with van der Waals surface area (Å²) in [6.45, 7) is 2.65. The van der Waals surface area contributed by atoms with Gasteiger partial charge >= 0.3 is 0 Å². The van der Waals surface area contributed by atoms with E-state index in [1.54, 1.807) is 6.07 Å². The molecule has 0 saturated heterocycles. The van der Waals surface area contributed by atoms with Gasteiger partial charge in [-0.3, -0.25) is 9.59 Å². The minimum Gasteiger partial charge on any atom is -0.492 e. The van der Waals surface area contributed by atoms with Crippen LogP contribution in [0.2, 0.25) is 10.0 Å². The third-order valence-corrected chi connectivity index (χ3v) is 3.94. The molecule has 0 fully saturated rings. The van der Waals surface area contributed by atoms with Crippen molar-refractivity contribution in [2.75, 3.05) is 18.5 Å². The van der Waals surface area contributed by atoms with E-state index in [1.165, 1.54) is 13.0 Å². The van der Waals surface area contributed by atoms with Crippen LogP contribution in [-0.2, 0) is 11.3 Å². The van der Waals surface area contributed by atoms with Crippen LogP contribution in [0.4, 0.5) is 5.69 Å². The van der Waals surface area contributed by atoms with E-state index in [2.05, 4.69) is 10.6 Å². The minimum atomic E-state index is -0.638. The van der Waals surface area contributed by atoms with Crippen LogP contribution in [0, 0.1) is 0 Å². The molecule has 0 spiro atoms. The molecule has 0 heterocycles. The quantitative estimate of drug-likeness (QED) is 0.598. The smallest absolute Gasteiger partial charge is 0.252 e. The lowest BCUT2D eigenvalue weighted by molar-refractivity contribution is -0.119. The molecule has 2 rings (SSSR count). The van der Waals surface area contributed by atoms with E-state index >= 15 is 0 Å². The van der Waals surface area contributed by atoms with Crippen molar-refractivity contribution in [1.82, 2.24) is 5.32 Å². The highest BCUT2D eigenvalue weighted by Gasteiger charge is 2.14. The summed E-state index contributed by atoms with van der Waals surface area (Å²) in [6.07, 6.45) is 0. The molecule has 0 atom stereocenters. The maximum atomic E-state index is 11.5. The number of carbonyl (C=O) groups excluding carboxylic acids is 2. The van der Waals surface area contributed by atoms with Gasteiger partial charge in [0.15, 0.2) is 0 Å². The van der Waals surface area contributed by atoms with Crippen molar-refractivity contribution in [3.05, 3.63) is 57.6 Å². The molecular formula is C18H19Cl2N3O3. The van der Waals surface area contributed by atoms with Crippen LogP contribution in [0.25, 0.3) is 0 Å². The van der Waals surface area contributed by atoms with Crippen molar-refractivity contribution >= 4 is 40.7 Å². The lowest BCUT2D eigenvalue weighted by Gasteiger charge is -2.13. The molecule has 4 N–H and O–H groups in total. The summed E-state index contributed by atoms with van der Waals surface area (Å²) >= 11 is 12.0. The number of rotatable bonds is 8. The number of anilines is 1. The van der Waals surface area contributed by atoms with Gasteiger partial charge in [0.05, 0.1) is 16.3 Å². The van der Waals surface area contributed by atoms with Gasteiger partial charge in [0.2, 0.25) is 5.91 Å². The molecule has 8 heteroatoms. The van der Waals surface area contributed by atoms with E-state index in [0.29, 0.717) is 36.2 Å². The molecule has 0 aliphatic heterocycles. The molecule has 0 bridgehead atoms. The Morgan fingerprint density at radius 1 is 1.19 bits per heavy atom. The Bertz CT molecular complexity index is 812. The number of hydrogen-bond acceptors (Lipinski definition) is 4. The number of amides is 2. The van der Waals surface area contributed by atoms with Gasteiger partial charge in [-0.25, -0.2) is 0 Å². The fourth-order valence-electron chi connectivity index (χ4n) is 2.29. The lowest BCUT2D eigenvalue weighted by atomic mass is 10.1. The highest BCUT2D eigenvalue weighted by Crippen LogP contribution is 2.28. The Labute approximate surface area is 161 Å². The van der Waals surface area contributed by atoms with Gasteiger partial charge in [-0.1, -0.05) is 35.3 Å². The molecule has 26 heavy (non-hydrogen) atoms. The largest absolute Gasteiger partial charge is 0.492 e. The van der Waals surface area contributed by atoms with Gasteiger partial charge in [0.25, 0.3) is 5.91 Å². The summed E-state index contributed by atoms with van der Waals surface area (Å²) in [5, 5.41) is 6.37. The van der Waals surface area contributed by atoms with Crippen molar-refractivity contribution in [2.45, 2.75) is 13.5 Å². The first-order valence-electron chi connectivity index (χ1n) is 7.85. The zero-order valence-corrected chi connectivity index (χ0v) is 15.7. The Balaban J connectivity index is 1.92. The fraction of sp³-hybridized carbons (Fsp3) is 0.222. The summed E-state index contributed by atoms with van der Waals surface area (Å²) in [6, 6.07) is 10.5. The molecular weight excluding hydrogens is 377 g/mol. The normalized spacial score (nSPS) is 10.3. The molecule has 138 valence electrons. The SMILES string of the molecule is CC(=O)NCc1cccc(OCCNc2cc(Cl)cc(Cl)c2C(N)=O)c1. The number of hydrogen-bond donors (Lipinski definition) is 3. The summed E-state index contributed by atoms with van der Waals surface area (Å²) in [5.74, 6) is -0.0550. The second-order valence-corrected chi connectivity index (χ2v) is 6.35. The van der Waals surface area contributed by atoms with Crippen LogP contribution in [0.5, 0.6) is 5.75 Å². The fourth-order valence-corrected chi connectivity index (χ4v) is 2.88. The molecule has 0 radical (unpaired) electrons. The molecule has 0 saturated carbocycles. The third kappa shape index (κ3) is 5.82. The first-order chi connectivity index (χ1) is 12.4. The van der Waals surface area contributed by atoms with Gasteiger partial charge in [-0.05, 0) is 29.8 Å².